The second-order valence-corrected chi connectivity index (χ2v) is 4.54. The number of rotatable bonds is 8. The maximum atomic E-state index is 5.81. The van der Waals surface area contributed by atoms with Gasteiger partial charge < -0.3 is 9.75 Å². The zero-order valence-electron chi connectivity index (χ0n) is 11.7. The number of benzene rings is 1. The predicted octanol–water partition coefficient (Wildman–Crippen LogP) is 3.54. The summed E-state index contributed by atoms with van der Waals surface area (Å²) in [5.41, 5.74) is 1.03. The summed E-state index contributed by atoms with van der Waals surface area (Å²) in [6, 6.07) is 8.01. The number of unbranched alkanes of at least 4 members (excludes halogenated alkanes) is 3. The van der Waals surface area contributed by atoms with Crippen LogP contribution in [0.3, 0.4) is 0 Å². The summed E-state index contributed by atoms with van der Waals surface area (Å²) in [6.45, 7) is 3.00. The lowest BCUT2D eigenvalue weighted by Crippen LogP contribution is -2.04. The van der Waals surface area contributed by atoms with Crippen LogP contribution >= 0.6 is 0 Å². The van der Waals surface area contributed by atoms with Crippen molar-refractivity contribution in [2.45, 2.75) is 32.6 Å². The highest BCUT2D eigenvalue weighted by atomic mass is 16.5. The standard InChI is InChI=1S/C15H24N2O/c1-4-5-6-9-12-18-15-11-8-7-10-14(15)13-16-17(2)3/h7-8,10-11,13H,4-6,9,12H2,1-3H3/b16-13+. The smallest absolute Gasteiger partial charge is 0.128 e. The Hall–Kier alpha value is -1.51. The van der Waals surface area contributed by atoms with Gasteiger partial charge in [-0.15, -0.1) is 0 Å². The Morgan fingerprint density at radius 1 is 1.17 bits per heavy atom. The van der Waals surface area contributed by atoms with Crippen LogP contribution in [0.15, 0.2) is 29.4 Å². The van der Waals surface area contributed by atoms with Crippen molar-refractivity contribution in [1.29, 1.82) is 0 Å². The third-order valence-electron chi connectivity index (χ3n) is 2.60. The minimum Gasteiger partial charge on any atom is -0.493 e. The number of hydrogen-bond donors (Lipinski definition) is 0. The van der Waals surface area contributed by atoms with Crippen molar-refractivity contribution in [2.24, 2.45) is 5.10 Å². The molecule has 0 atom stereocenters. The molecule has 0 radical (unpaired) electrons. The van der Waals surface area contributed by atoms with E-state index in [9.17, 15) is 0 Å². The van der Waals surface area contributed by atoms with Gasteiger partial charge in [0, 0.05) is 19.7 Å². The Balaban J connectivity index is 2.49. The topological polar surface area (TPSA) is 24.8 Å². The van der Waals surface area contributed by atoms with E-state index in [2.05, 4.69) is 12.0 Å². The molecule has 0 aliphatic rings. The zero-order chi connectivity index (χ0) is 13.2. The fourth-order valence-corrected chi connectivity index (χ4v) is 1.61. The quantitative estimate of drug-likeness (QED) is 0.399. The highest BCUT2D eigenvalue weighted by molar-refractivity contribution is 5.83. The van der Waals surface area contributed by atoms with Gasteiger partial charge in [-0.05, 0) is 18.6 Å². The summed E-state index contributed by atoms with van der Waals surface area (Å²) >= 11 is 0. The van der Waals surface area contributed by atoms with Crippen LogP contribution in [0.5, 0.6) is 5.75 Å². The third kappa shape index (κ3) is 5.71. The normalized spacial score (nSPS) is 10.8. The van der Waals surface area contributed by atoms with E-state index in [1.807, 2.05) is 44.6 Å². The maximum Gasteiger partial charge on any atom is 0.128 e. The molecule has 100 valence electrons. The van der Waals surface area contributed by atoms with Crippen LogP contribution < -0.4 is 4.74 Å². The molecule has 3 heteroatoms. The van der Waals surface area contributed by atoms with Crippen molar-refractivity contribution in [3.8, 4) is 5.75 Å². The van der Waals surface area contributed by atoms with Crippen molar-refractivity contribution < 1.29 is 4.74 Å². The Morgan fingerprint density at radius 3 is 2.67 bits per heavy atom. The molecule has 1 aromatic rings. The third-order valence-corrected chi connectivity index (χ3v) is 2.60. The van der Waals surface area contributed by atoms with Crippen LogP contribution in [0.1, 0.15) is 38.2 Å². The van der Waals surface area contributed by atoms with Crippen molar-refractivity contribution in [1.82, 2.24) is 5.01 Å². The van der Waals surface area contributed by atoms with Gasteiger partial charge >= 0.3 is 0 Å². The summed E-state index contributed by atoms with van der Waals surface area (Å²) in [5.74, 6) is 0.916. The summed E-state index contributed by atoms with van der Waals surface area (Å²) < 4.78 is 5.81. The molecule has 0 saturated heterocycles. The maximum absolute atomic E-state index is 5.81. The molecule has 0 bridgehead atoms. The van der Waals surface area contributed by atoms with E-state index in [1.165, 1.54) is 19.3 Å². The Kier molecular flexibility index (Phi) is 6.92. The van der Waals surface area contributed by atoms with Crippen LogP contribution in [-0.2, 0) is 0 Å². The molecule has 0 aliphatic carbocycles. The number of para-hydroxylation sites is 1. The van der Waals surface area contributed by atoms with Gasteiger partial charge in [-0.25, -0.2) is 0 Å². The molecular weight excluding hydrogens is 224 g/mol. The average Bonchev–Trinajstić information content (AvgIpc) is 2.37. The molecule has 0 N–H and O–H groups in total. The Morgan fingerprint density at radius 2 is 1.94 bits per heavy atom. The lowest BCUT2D eigenvalue weighted by molar-refractivity contribution is 0.304. The van der Waals surface area contributed by atoms with Gasteiger partial charge in [-0.3, -0.25) is 0 Å². The fraction of sp³-hybridized carbons (Fsp3) is 0.533. The molecule has 1 rings (SSSR count). The second kappa shape index (κ2) is 8.56. The first kappa shape index (κ1) is 14.6. The summed E-state index contributed by atoms with van der Waals surface area (Å²) in [7, 11) is 3.81. The van der Waals surface area contributed by atoms with Crippen molar-refractivity contribution in [3.05, 3.63) is 29.8 Å². The minimum atomic E-state index is 0.785. The van der Waals surface area contributed by atoms with E-state index >= 15 is 0 Å². The van der Waals surface area contributed by atoms with Crippen LogP contribution in [0.2, 0.25) is 0 Å². The molecule has 0 amide bonds. The van der Waals surface area contributed by atoms with Crippen LogP contribution in [0, 0.1) is 0 Å². The first-order valence-electron chi connectivity index (χ1n) is 6.67. The van der Waals surface area contributed by atoms with Crippen molar-refractivity contribution in [2.75, 3.05) is 20.7 Å². The molecule has 1 aromatic carbocycles. The molecule has 0 fully saturated rings. The first-order chi connectivity index (χ1) is 8.74. The molecule has 0 aromatic heterocycles. The molecule has 0 heterocycles. The van der Waals surface area contributed by atoms with Gasteiger partial charge in [0.1, 0.15) is 5.75 Å². The van der Waals surface area contributed by atoms with Crippen LogP contribution in [0.25, 0.3) is 0 Å². The van der Waals surface area contributed by atoms with E-state index in [1.54, 1.807) is 5.01 Å². The van der Waals surface area contributed by atoms with Gasteiger partial charge in [-0.1, -0.05) is 38.3 Å². The minimum absolute atomic E-state index is 0.785. The van der Waals surface area contributed by atoms with Gasteiger partial charge in [0.15, 0.2) is 0 Å². The van der Waals surface area contributed by atoms with Gasteiger partial charge in [0.25, 0.3) is 0 Å². The van der Waals surface area contributed by atoms with Crippen LogP contribution in [-0.4, -0.2) is 31.9 Å². The number of hydrogen-bond acceptors (Lipinski definition) is 3. The molecule has 18 heavy (non-hydrogen) atoms. The van der Waals surface area contributed by atoms with E-state index in [4.69, 9.17) is 4.74 Å². The van der Waals surface area contributed by atoms with Crippen molar-refractivity contribution >= 4 is 6.21 Å². The Labute approximate surface area is 110 Å². The van der Waals surface area contributed by atoms with E-state index in [-0.39, 0.29) is 0 Å². The molecule has 3 nitrogen and oxygen atoms in total. The fourth-order valence-electron chi connectivity index (χ4n) is 1.61. The van der Waals surface area contributed by atoms with E-state index in [0.717, 1.165) is 24.3 Å². The zero-order valence-corrected chi connectivity index (χ0v) is 11.7. The Bertz CT molecular complexity index is 361. The van der Waals surface area contributed by atoms with Gasteiger partial charge in [0.2, 0.25) is 0 Å². The summed E-state index contributed by atoms with van der Waals surface area (Å²) in [6.07, 6.45) is 6.73. The number of nitrogens with zero attached hydrogens (tertiary/aromatic N) is 2. The second-order valence-electron chi connectivity index (χ2n) is 4.54. The molecule has 0 saturated carbocycles. The predicted molar refractivity (Wildman–Crippen MR) is 77.4 cm³/mol. The van der Waals surface area contributed by atoms with E-state index < -0.39 is 0 Å². The van der Waals surface area contributed by atoms with Crippen molar-refractivity contribution in [3.63, 3.8) is 0 Å². The summed E-state index contributed by atoms with van der Waals surface area (Å²) in [4.78, 5) is 0. The van der Waals surface area contributed by atoms with Gasteiger partial charge in [0.05, 0.1) is 12.8 Å². The lowest BCUT2D eigenvalue weighted by Gasteiger charge is -2.09. The molecule has 0 spiro atoms. The van der Waals surface area contributed by atoms with Crippen LogP contribution in [0.4, 0.5) is 0 Å². The van der Waals surface area contributed by atoms with Gasteiger partial charge in [-0.2, -0.15) is 5.10 Å². The highest BCUT2D eigenvalue weighted by Gasteiger charge is 2.00. The molecule has 0 unspecified atom stereocenters. The molecular formula is C15H24N2O. The van der Waals surface area contributed by atoms with E-state index in [0.29, 0.717) is 0 Å². The number of ether oxygens (including phenoxy) is 1. The molecule has 0 aliphatic heterocycles. The first-order valence-corrected chi connectivity index (χ1v) is 6.67. The lowest BCUT2D eigenvalue weighted by atomic mass is 10.2. The summed E-state index contributed by atoms with van der Waals surface area (Å²) in [5, 5.41) is 6.02. The highest BCUT2D eigenvalue weighted by Crippen LogP contribution is 2.16. The SMILES string of the molecule is CCCCCCOc1ccccc1/C=N/N(C)C. The largest absolute Gasteiger partial charge is 0.493 e. The number of hydrazone groups is 1. The monoisotopic (exact) mass is 248 g/mol. The average molecular weight is 248 g/mol.